The van der Waals surface area contributed by atoms with Gasteiger partial charge in [-0.25, -0.2) is 9.37 Å². The minimum absolute atomic E-state index is 0.0508. The van der Waals surface area contributed by atoms with Gasteiger partial charge in [0.15, 0.2) is 0 Å². The molecule has 4 nitrogen and oxygen atoms in total. The van der Waals surface area contributed by atoms with Crippen molar-refractivity contribution >= 4 is 11.3 Å². The van der Waals surface area contributed by atoms with Crippen LogP contribution in [0.5, 0.6) is 11.5 Å². The molecule has 34 heavy (non-hydrogen) atoms. The highest BCUT2D eigenvalue weighted by Crippen LogP contribution is 2.40. The van der Waals surface area contributed by atoms with Crippen molar-refractivity contribution in [1.82, 2.24) is 4.98 Å². The van der Waals surface area contributed by atoms with Crippen LogP contribution in [-0.2, 0) is 6.67 Å². The Kier molecular flexibility index (Phi) is 7.55. The maximum Gasteiger partial charge on any atom is 0.132 e. The van der Waals surface area contributed by atoms with Crippen molar-refractivity contribution in [3.63, 3.8) is 0 Å². The topological polar surface area (TPSA) is 57.4 Å². The third-order valence-corrected chi connectivity index (χ3v) is 7.29. The number of ether oxygens (including phenoxy) is 2. The maximum absolute atomic E-state index is 13.2. The van der Waals surface area contributed by atoms with Gasteiger partial charge in [-0.15, -0.1) is 11.3 Å². The molecule has 0 spiro atoms. The Labute approximate surface area is 205 Å². The number of benzene rings is 2. The van der Waals surface area contributed by atoms with E-state index >= 15 is 0 Å². The van der Waals surface area contributed by atoms with Crippen LogP contribution in [0.15, 0.2) is 36.4 Å². The Morgan fingerprint density at radius 2 is 1.88 bits per heavy atom. The molecule has 1 aliphatic carbocycles. The fourth-order valence-electron chi connectivity index (χ4n) is 4.15. The monoisotopic (exact) mass is 478 g/mol. The summed E-state index contributed by atoms with van der Waals surface area (Å²) < 4.78 is 24.2. The van der Waals surface area contributed by atoms with Crippen LogP contribution in [0.4, 0.5) is 4.39 Å². The van der Waals surface area contributed by atoms with Crippen LogP contribution in [0.2, 0.25) is 0 Å². The SMILES string of the molecule is COc1cc(OC)c(-c2nc(C(N)C#C[C@@H](CC3CC3)c3cccc(CF)c3)sc2C)cc1C. The molecule has 1 fully saturated rings. The molecule has 0 saturated heterocycles. The van der Waals surface area contributed by atoms with Crippen molar-refractivity contribution in [2.24, 2.45) is 11.7 Å². The Hall–Kier alpha value is -2.88. The number of methoxy groups -OCH3 is 2. The molecule has 1 aromatic heterocycles. The summed E-state index contributed by atoms with van der Waals surface area (Å²) >= 11 is 1.56. The lowest BCUT2D eigenvalue weighted by molar-refractivity contribution is 0.393. The van der Waals surface area contributed by atoms with Crippen molar-refractivity contribution in [2.45, 2.75) is 51.7 Å². The number of nitrogens with zero attached hydrogens (tertiary/aromatic N) is 1. The highest BCUT2D eigenvalue weighted by molar-refractivity contribution is 7.12. The van der Waals surface area contributed by atoms with Crippen molar-refractivity contribution in [1.29, 1.82) is 0 Å². The second-order valence-electron chi connectivity index (χ2n) is 8.86. The van der Waals surface area contributed by atoms with Crippen molar-refractivity contribution < 1.29 is 13.9 Å². The molecule has 2 atom stereocenters. The van der Waals surface area contributed by atoms with Crippen LogP contribution in [0.1, 0.15) is 57.8 Å². The van der Waals surface area contributed by atoms with Gasteiger partial charge in [-0.3, -0.25) is 0 Å². The highest BCUT2D eigenvalue weighted by atomic mass is 32.1. The summed E-state index contributed by atoms with van der Waals surface area (Å²) in [6.07, 6.45) is 3.47. The molecule has 4 rings (SSSR count). The van der Waals surface area contributed by atoms with Gasteiger partial charge in [-0.1, -0.05) is 48.9 Å². The minimum atomic E-state index is -0.492. The van der Waals surface area contributed by atoms with Crippen molar-refractivity contribution in [2.75, 3.05) is 14.2 Å². The normalized spacial score (nSPS) is 14.8. The molecule has 3 aromatic rings. The Bertz CT molecular complexity index is 1220. The summed E-state index contributed by atoms with van der Waals surface area (Å²) in [5, 5.41) is 0.776. The van der Waals surface area contributed by atoms with Crippen molar-refractivity contribution in [3.05, 3.63) is 63.0 Å². The summed E-state index contributed by atoms with van der Waals surface area (Å²) in [6, 6.07) is 11.1. The third kappa shape index (κ3) is 5.43. The van der Waals surface area contributed by atoms with E-state index in [4.69, 9.17) is 20.2 Å². The minimum Gasteiger partial charge on any atom is -0.496 e. The number of nitrogens with two attached hydrogens (primary N) is 1. The second kappa shape index (κ2) is 10.6. The average molecular weight is 479 g/mol. The largest absolute Gasteiger partial charge is 0.496 e. The first kappa shape index (κ1) is 24.3. The number of alkyl halides is 1. The van der Waals surface area contributed by atoms with E-state index in [1.807, 2.05) is 50.2 Å². The Balaban J connectivity index is 1.62. The van der Waals surface area contributed by atoms with Crippen LogP contribution >= 0.6 is 11.3 Å². The first-order valence-corrected chi connectivity index (χ1v) is 12.4. The zero-order chi connectivity index (χ0) is 24.2. The molecule has 0 radical (unpaired) electrons. The molecular formula is C28H31FN2O2S. The number of thiazole rings is 1. The number of aromatic nitrogens is 1. The zero-order valence-corrected chi connectivity index (χ0v) is 21.0. The highest BCUT2D eigenvalue weighted by Gasteiger charge is 2.26. The number of hydrogen-bond donors (Lipinski definition) is 1. The molecule has 2 aromatic carbocycles. The summed E-state index contributed by atoms with van der Waals surface area (Å²) in [7, 11) is 3.29. The Morgan fingerprint density at radius 3 is 2.56 bits per heavy atom. The first-order valence-electron chi connectivity index (χ1n) is 11.5. The quantitative estimate of drug-likeness (QED) is 0.376. The van der Waals surface area contributed by atoms with Gasteiger partial charge in [-0.05, 0) is 48.9 Å². The standard InChI is InChI=1S/C28H31FN2O2S/c1-17-12-23(26(33-4)15-25(17)32-3)27-18(2)34-28(31-27)24(30)11-10-22(13-19-8-9-19)21-7-5-6-20(14-21)16-29/h5-7,12,14-15,19,22,24H,8-9,13,16,30H2,1-4H3/t22-,24?/m0/s1. The fraction of sp³-hybridized carbons (Fsp3) is 0.393. The predicted molar refractivity (Wildman–Crippen MR) is 136 cm³/mol. The van der Waals surface area contributed by atoms with Crippen molar-refractivity contribution in [3.8, 4) is 34.6 Å². The fourth-order valence-corrected chi connectivity index (χ4v) is 5.04. The molecular weight excluding hydrogens is 447 g/mol. The zero-order valence-electron chi connectivity index (χ0n) is 20.2. The molecule has 1 heterocycles. The molecule has 178 valence electrons. The second-order valence-corrected chi connectivity index (χ2v) is 10.1. The first-order chi connectivity index (χ1) is 16.4. The molecule has 0 bridgehead atoms. The van der Waals surface area contributed by atoms with E-state index in [0.717, 1.165) is 44.4 Å². The summed E-state index contributed by atoms with van der Waals surface area (Å²) in [5.41, 5.74) is 11.0. The predicted octanol–water partition coefficient (Wildman–Crippen LogP) is 6.50. The van der Waals surface area contributed by atoms with E-state index in [0.29, 0.717) is 17.2 Å². The molecule has 0 aliphatic heterocycles. The van der Waals surface area contributed by atoms with Crippen LogP contribution in [0, 0.1) is 31.6 Å². The van der Waals surface area contributed by atoms with E-state index in [1.165, 1.54) is 12.8 Å². The van der Waals surface area contributed by atoms with Crippen LogP contribution in [0.3, 0.4) is 0 Å². The lowest BCUT2D eigenvalue weighted by Gasteiger charge is -2.12. The van der Waals surface area contributed by atoms with Crippen LogP contribution in [-0.4, -0.2) is 19.2 Å². The third-order valence-electron chi connectivity index (χ3n) is 6.24. The van der Waals surface area contributed by atoms with Gasteiger partial charge in [0.1, 0.15) is 29.2 Å². The molecule has 0 amide bonds. The number of hydrogen-bond acceptors (Lipinski definition) is 5. The molecule has 2 N–H and O–H groups in total. The van der Waals surface area contributed by atoms with E-state index < -0.39 is 12.7 Å². The molecule has 6 heteroatoms. The number of aryl methyl sites for hydroxylation is 2. The average Bonchev–Trinajstić information content (AvgIpc) is 3.59. The van der Waals surface area contributed by atoms with Crippen LogP contribution < -0.4 is 15.2 Å². The molecule has 1 unspecified atom stereocenters. The van der Waals surface area contributed by atoms with E-state index in [-0.39, 0.29) is 5.92 Å². The smallest absolute Gasteiger partial charge is 0.132 e. The van der Waals surface area contributed by atoms with Gasteiger partial charge < -0.3 is 15.2 Å². The van der Waals surface area contributed by atoms with Gasteiger partial charge in [-0.2, -0.15) is 0 Å². The van der Waals surface area contributed by atoms with Gasteiger partial charge in [0.2, 0.25) is 0 Å². The summed E-state index contributed by atoms with van der Waals surface area (Å²) in [6.45, 7) is 3.57. The van der Waals surface area contributed by atoms with E-state index in [2.05, 4.69) is 11.8 Å². The van der Waals surface area contributed by atoms with Gasteiger partial charge in [0, 0.05) is 22.4 Å². The maximum atomic E-state index is 13.2. The number of rotatable bonds is 8. The van der Waals surface area contributed by atoms with E-state index in [9.17, 15) is 4.39 Å². The lowest BCUT2D eigenvalue weighted by atomic mass is 9.92. The lowest BCUT2D eigenvalue weighted by Crippen LogP contribution is -2.08. The Morgan fingerprint density at radius 1 is 1.12 bits per heavy atom. The van der Waals surface area contributed by atoms with Crippen LogP contribution in [0.25, 0.3) is 11.3 Å². The van der Waals surface area contributed by atoms with Gasteiger partial charge >= 0.3 is 0 Å². The molecule has 1 aliphatic rings. The number of halogens is 1. The van der Waals surface area contributed by atoms with E-state index in [1.54, 1.807) is 25.6 Å². The summed E-state index contributed by atoms with van der Waals surface area (Å²) in [5.74, 6) is 8.88. The van der Waals surface area contributed by atoms with Gasteiger partial charge in [0.05, 0.1) is 19.9 Å². The van der Waals surface area contributed by atoms with Gasteiger partial charge in [0.25, 0.3) is 0 Å². The summed E-state index contributed by atoms with van der Waals surface area (Å²) in [4.78, 5) is 5.91. The molecule has 1 saturated carbocycles.